The average molecular weight is 199 g/mol. The van der Waals surface area contributed by atoms with Crippen LogP contribution in [0.2, 0.25) is 0 Å². The minimum atomic E-state index is -0.496. The lowest BCUT2D eigenvalue weighted by Gasteiger charge is -1.94. The Kier molecular flexibility index (Phi) is 6.02. The molecule has 0 fully saturated rings. The molecule has 0 radical (unpaired) electrons. The highest BCUT2D eigenvalue weighted by Gasteiger charge is 2.04. The number of hydrogen-bond donors (Lipinski definition) is 0. The molecule has 0 N–H and O–H groups in total. The van der Waals surface area contributed by atoms with Crippen molar-refractivity contribution in [3.63, 3.8) is 0 Å². The summed E-state index contributed by atoms with van der Waals surface area (Å²) < 4.78 is 4.36. The minimum absolute atomic E-state index is 0.00327. The fraction of sp³-hybridized carbons (Fsp3) is 0.444. The highest BCUT2D eigenvalue weighted by atomic mass is 16.6. The van der Waals surface area contributed by atoms with Crippen molar-refractivity contribution >= 4 is 5.97 Å². The number of esters is 1. The third-order valence-electron chi connectivity index (χ3n) is 1.55. The first-order valence-corrected chi connectivity index (χ1v) is 4.14. The lowest BCUT2D eigenvalue weighted by Crippen LogP contribution is -1.96. The Bertz CT molecular complexity index is 258. The largest absolute Gasteiger partial charge is 0.466 e. The van der Waals surface area contributed by atoms with E-state index in [0.29, 0.717) is 19.3 Å². The van der Waals surface area contributed by atoms with Crippen LogP contribution in [-0.4, -0.2) is 18.0 Å². The molecule has 0 atom stereocenters. The van der Waals surface area contributed by atoms with Crippen molar-refractivity contribution in [3.05, 3.63) is 34.5 Å². The lowest BCUT2D eigenvalue weighted by atomic mass is 10.2. The minimum Gasteiger partial charge on any atom is -0.466 e. The standard InChI is InChI=1S/C9H13NO4/c1-8(10(12)13)6-4-3-5-7-9(11)14-2/h5,7H,1,3-4,6H2,2H3/b7-5+. The molecule has 0 saturated carbocycles. The summed E-state index contributed by atoms with van der Waals surface area (Å²) in [6, 6.07) is 0. The molecule has 5 heteroatoms. The molecule has 5 nitrogen and oxygen atoms in total. The van der Waals surface area contributed by atoms with Crippen LogP contribution in [0.15, 0.2) is 24.4 Å². The van der Waals surface area contributed by atoms with Crippen molar-refractivity contribution in [3.8, 4) is 0 Å². The van der Waals surface area contributed by atoms with Gasteiger partial charge in [0.1, 0.15) is 0 Å². The number of ether oxygens (including phenoxy) is 1. The van der Waals surface area contributed by atoms with E-state index in [1.54, 1.807) is 6.08 Å². The molecule has 0 spiro atoms. The predicted octanol–water partition coefficient (Wildman–Crippen LogP) is 1.68. The normalized spacial score (nSPS) is 10.1. The van der Waals surface area contributed by atoms with Gasteiger partial charge in [0.25, 0.3) is 0 Å². The van der Waals surface area contributed by atoms with Crippen LogP contribution in [0.1, 0.15) is 19.3 Å². The van der Waals surface area contributed by atoms with Crippen molar-refractivity contribution in [2.75, 3.05) is 7.11 Å². The average Bonchev–Trinajstić information content (AvgIpc) is 2.16. The Morgan fingerprint density at radius 3 is 2.79 bits per heavy atom. The molecule has 0 aliphatic heterocycles. The van der Waals surface area contributed by atoms with E-state index in [0.717, 1.165) is 0 Å². The zero-order valence-corrected chi connectivity index (χ0v) is 8.06. The van der Waals surface area contributed by atoms with Gasteiger partial charge in [-0.1, -0.05) is 6.08 Å². The fourth-order valence-corrected chi connectivity index (χ4v) is 0.763. The number of carbonyl (C=O) groups is 1. The van der Waals surface area contributed by atoms with Gasteiger partial charge >= 0.3 is 5.97 Å². The molecule has 0 aromatic carbocycles. The zero-order valence-electron chi connectivity index (χ0n) is 8.06. The van der Waals surface area contributed by atoms with Crippen molar-refractivity contribution in [2.24, 2.45) is 0 Å². The Labute approximate surface area is 82.2 Å². The van der Waals surface area contributed by atoms with Crippen LogP contribution >= 0.6 is 0 Å². The van der Waals surface area contributed by atoms with Crippen LogP contribution < -0.4 is 0 Å². The molecule has 0 bridgehead atoms. The van der Waals surface area contributed by atoms with Crippen LogP contribution in [0.25, 0.3) is 0 Å². The second-order valence-electron chi connectivity index (χ2n) is 2.64. The molecule has 0 unspecified atom stereocenters. The molecule has 0 aliphatic rings. The number of unbranched alkanes of at least 4 members (excludes halogenated alkanes) is 1. The van der Waals surface area contributed by atoms with Crippen LogP contribution in [0.4, 0.5) is 0 Å². The first kappa shape index (κ1) is 12.3. The summed E-state index contributed by atoms with van der Waals surface area (Å²) in [5, 5.41) is 10.1. The molecular formula is C9H13NO4. The summed E-state index contributed by atoms with van der Waals surface area (Å²) in [4.78, 5) is 20.2. The van der Waals surface area contributed by atoms with Crippen molar-refractivity contribution in [2.45, 2.75) is 19.3 Å². The summed E-state index contributed by atoms with van der Waals surface area (Å²) in [5.41, 5.74) is -0.00327. The van der Waals surface area contributed by atoms with Gasteiger partial charge in [-0.25, -0.2) is 4.79 Å². The number of nitrogens with zero attached hydrogens (tertiary/aromatic N) is 1. The maximum absolute atomic E-state index is 10.6. The molecule has 0 aliphatic carbocycles. The Morgan fingerprint density at radius 2 is 2.29 bits per heavy atom. The number of allylic oxidation sites excluding steroid dienone is 2. The topological polar surface area (TPSA) is 69.4 Å². The molecular weight excluding hydrogens is 186 g/mol. The molecule has 0 aromatic heterocycles. The van der Waals surface area contributed by atoms with Crippen LogP contribution in [0.3, 0.4) is 0 Å². The number of nitro groups is 1. The monoisotopic (exact) mass is 199 g/mol. The molecule has 78 valence electrons. The van der Waals surface area contributed by atoms with E-state index in [1.807, 2.05) is 0 Å². The van der Waals surface area contributed by atoms with Crippen LogP contribution in [0, 0.1) is 10.1 Å². The second kappa shape index (κ2) is 6.82. The molecule has 14 heavy (non-hydrogen) atoms. The summed E-state index contributed by atoms with van der Waals surface area (Å²) in [6.07, 6.45) is 4.46. The van der Waals surface area contributed by atoms with Crippen molar-refractivity contribution in [1.29, 1.82) is 0 Å². The van der Waals surface area contributed by atoms with Gasteiger partial charge in [0.05, 0.1) is 12.0 Å². The Morgan fingerprint density at radius 1 is 1.64 bits per heavy atom. The summed E-state index contributed by atoms with van der Waals surface area (Å²) in [6.45, 7) is 3.29. The number of rotatable bonds is 6. The quantitative estimate of drug-likeness (QED) is 0.214. The lowest BCUT2D eigenvalue weighted by molar-refractivity contribution is -0.427. The molecule has 0 rings (SSSR count). The summed E-state index contributed by atoms with van der Waals surface area (Å²) >= 11 is 0. The Hall–Kier alpha value is -1.65. The summed E-state index contributed by atoms with van der Waals surface area (Å²) in [7, 11) is 1.29. The fourth-order valence-electron chi connectivity index (χ4n) is 0.763. The van der Waals surface area contributed by atoms with Gasteiger partial charge in [0, 0.05) is 12.5 Å². The van der Waals surface area contributed by atoms with E-state index in [4.69, 9.17) is 0 Å². The van der Waals surface area contributed by atoms with Gasteiger partial charge in [-0.2, -0.15) is 0 Å². The van der Waals surface area contributed by atoms with Gasteiger partial charge < -0.3 is 4.74 Å². The van der Waals surface area contributed by atoms with E-state index >= 15 is 0 Å². The maximum Gasteiger partial charge on any atom is 0.330 e. The first-order chi connectivity index (χ1) is 6.57. The maximum atomic E-state index is 10.6. The van der Waals surface area contributed by atoms with E-state index in [-0.39, 0.29) is 5.70 Å². The van der Waals surface area contributed by atoms with Gasteiger partial charge in [-0.05, 0) is 19.4 Å². The van der Waals surface area contributed by atoms with Crippen LogP contribution in [-0.2, 0) is 9.53 Å². The first-order valence-electron chi connectivity index (χ1n) is 4.14. The van der Waals surface area contributed by atoms with Gasteiger partial charge in [-0.3, -0.25) is 10.1 Å². The van der Waals surface area contributed by atoms with Gasteiger partial charge in [-0.15, -0.1) is 0 Å². The molecule has 0 aromatic rings. The third-order valence-corrected chi connectivity index (χ3v) is 1.55. The number of hydrogen-bond acceptors (Lipinski definition) is 4. The van der Waals surface area contributed by atoms with Gasteiger partial charge in [0.15, 0.2) is 0 Å². The highest BCUT2D eigenvalue weighted by Crippen LogP contribution is 2.05. The number of carbonyl (C=O) groups excluding carboxylic acids is 1. The van der Waals surface area contributed by atoms with E-state index in [2.05, 4.69) is 11.3 Å². The third kappa shape index (κ3) is 5.93. The predicted molar refractivity (Wildman–Crippen MR) is 51.1 cm³/mol. The van der Waals surface area contributed by atoms with E-state index in [9.17, 15) is 14.9 Å². The number of methoxy groups -OCH3 is 1. The highest BCUT2D eigenvalue weighted by molar-refractivity contribution is 5.81. The summed E-state index contributed by atoms with van der Waals surface area (Å²) in [5.74, 6) is -0.418. The SMILES string of the molecule is C=C(CCC/C=C/C(=O)OC)[N+](=O)[O-]. The van der Waals surface area contributed by atoms with Crippen molar-refractivity contribution < 1.29 is 14.5 Å². The zero-order chi connectivity index (χ0) is 11.0. The molecule has 0 amide bonds. The second-order valence-corrected chi connectivity index (χ2v) is 2.64. The van der Waals surface area contributed by atoms with Crippen molar-refractivity contribution in [1.82, 2.24) is 0 Å². The van der Waals surface area contributed by atoms with E-state index < -0.39 is 10.9 Å². The van der Waals surface area contributed by atoms with E-state index in [1.165, 1.54) is 13.2 Å². The smallest absolute Gasteiger partial charge is 0.330 e. The molecule has 0 heterocycles. The Balaban J connectivity index is 3.56. The van der Waals surface area contributed by atoms with Gasteiger partial charge in [0.2, 0.25) is 5.70 Å². The molecule has 0 saturated heterocycles. The van der Waals surface area contributed by atoms with Crippen LogP contribution in [0.5, 0.6) is 0 Å².